The predicted molar refractivity (Wildman–Crippen MR) is 98.9 cm³/mol. The molecule has 0 saturated heterocycles. The summed E-state index contributed by atoms with van der Waals surface area (Å²) in [4.78, 5) is 17.1. The number of amides is 1. The largest absolute Gasteiger partial charge is 0.394 e. The van der Waals surface area contributed by atoms with Crippen LogP contribution in [-0.2, 0) is 4.84 Å². The molecule has 3 N–H and O–H groups in total. The molecule has 2 rings (SSSR count). The lowest BCUT2D eigenvalue weighted by Gasteiger charge is -2.16. The summed E-state index contributed by atoms with van der Waals surface area (Å²) >= 11 is 7.49. The van der Waals surface area contributed by atoms with Crippen molar-refractivity contribution in [3.63, 3.8) is 0 Å². The fraction of sp³-hybridized carbons (Fsp3) is 0.188. The van der Waals surface area contributed by atoms with Crippen molar-refractivity contribution in [2.75, 3.05) is 11.9 Å². The van der Waals surface area contributed by atoms with Gasteiger partial charge in [-0.2, -0.15) is 0 Å². The number of carbonyl (C=O) groups is 1. The topological polar surface area (TPSA) is 70.6 Å². The number of anilines is 2. The van der Waals surface area contributed by atoms with Gasteiger partial charge in [-0.15, -0.1) is 0 Å². The predicted octanol–water partition coefficient (Wildman–Crippen LogP) is 4.15. The standard InChI is InChI=1S/C16H13ClF3IN2O3/c1-7(6-24)26-23-16(25)9-5-10(17)13(19)14(20)15(9)22-12-3-2-8(21)4-11(12)18/h2-5,7,22,24H,6H2,1H3,(H,23,25). The first-order valence-corrected chi connectivity index (χ1v) is 8.66. The Morgan fingerprint density at radius 3 is 2.62 bits per heavy atom. The van der Waals surface area contributed by atoms with Gasteiger partial charge >= 0.3 is 0 Å². The molecule has 5 nitrogen and oxygen atoms in total. The number of halogens is 5. The van der Waals surface area contributed by atoms with E-state index in [4.69, 9.17) is 21.5 Å². The Bertz CT molecular complexity index is 839. The van der Waals surface area contributed by atoms with Gasteiger partial charge in [-0.05, 0) is 53.8 Å². The van der Waals surface area contributed by atoms with E-state index >= 15 is 0 Å². The van der Waals surface area contributed by atoms with Crippen LogP contribution >= 0.6 is 34.2 Å². The summed E-state index contributed by atoms with van der Waals surface area (Å²) in [6.45, 7) is 1.09. The minimum Gasteiger partial charge on any atom is -0.394 e. The van der Waals surface area contributed by atoms with Crippen molar-refractivity contribution in [1.82, 2.24) is 5.48 Å². The summed E-state index contributed by atoms with van der Waals surface area (Å²) in [6, 6.07) is 4.92. The fourth-order valence-corrected chi connectivity index (χ4v) is 2.51. The highest BCUT2D eigenvalue weighted by Gasteiger charge is 2.23. The monoisotopic (exact) mass is 500 g/mol. The maximum absolute atomic E-state index is 14.3. The second-order valence-electron chi connectivity index (χ2n) is 5.20. The van der Waals surface area contributed by atoms with E-state index in [-0.39, 0.29) is 12.3 Å². The van der Waals surface area contributed by atoms with Crippen LogP contribution in [0.3, 0.4) is 0 Å². The molecular formula is C16H13ClF3IN2O3. The molecule has 1 unspecified atom stereocenters. The van der Waals surface area contributed by atoms with Crippen LogP contribution in [0.4, 0.5) is 24.5 Å². The van der Waals surface area contributed by atoms with Crippen LogP contribution < -0.4 is 10.8 Å². The van der Waals surface area contributed by atoms with E-state index in [9.17, 15) is 18.0 Å². The highest BCUT2D eigenvalue weighted by atomic mass is 127. The normalized spacial score (nSPS) is 12.0. The molecule has 2 aromatic rings. The van der Waals surface area contributed by atoms with E-state index in [1.165, 1.54) is 19.1 Å². The first-order valence-electron chi connectivity index (χ1n) is 7.21. The number of aliphatic hydroxyl groups excluding tert-OH is 1. The maximum atomic E-state index is 14.3. The average Bonchev–Trinajstić information content (AvgIpc) is 2.61. The number of aliphatic hydroxyl groups is 1. The SMILES string of the molecule is CC(CO)ONC(=O)c1cc(Cl)c(F)c(F)c1Nc1ccc(I)cc1F. The molecule has 1 amide bonds. The van der Waals surface area contributed by atoms with Crippen molar-refractivity contribution in [1.29, 1.82) is 0 Å². The molecule has 0 aliphatic carbocycles. The number of benzene rings is 2. The maximum Gasteiger partial charge on any atom is 0.277 e. The summed E-state index contributed by atoms with van der Waals surface area (Å²) in [5.41, 5.74) is 0.817. The van der Waals surface area contributed by atoms with Gasteiger partial charge in [-0.3, -0.25) is 9.63 Å². The zero-order valence-corrected chi connectivity index (χ0v) is 16.2. The van der Waals surface area contributed by atoms with Gasteiger partial charge in [-0.1, -0.05) is 11.6 Å². The van der Waals surface area contributed by atoms with Crippen LogP contribution in [0.2, 0.25) is 5.02 Å². The van der Waals surface area contributed by atoms with Crippen molar-refractivity contribution in [2.24, 2.45) is 0 Å². The van der Waals surface area contributed by atoms with E-state index in [1.807, 2.05) is 28.1 Å². The number of rotatable bonds is 6. The van der Waals surface area contributed by atoms with Gasteiger partial charge in [0.15, 0.2) is 11.6 Å². The Balaban J connectivity index is 2.43. The molecule has 0 heterocycles. The Morgan fingerprint density at radius 1 is 1.31 bits per heavy atom. The third-order valence-corrected chi connectivity index (χ3v) is 4.15. The van der Waals surface area contributed by atoms with Crippen LogP contribution in [-0.4, -0.2) is 23.7 Å². The molecule has 0 aromatic heterocycles. The van der Waals surface area contributed by atoms with E-state index in [2.05, 4.69) is 5.32 Å². The summed E-state index contributed by atoms with van der Waals surface area (Å²) in [5, 5.41) is 10.6. The number of hydrogen-bond donors (Lipinski definition) is 3. The molecule has 2 aromatic carbocycles. The molecule has 0 spiro atoms. The van der Waals surface area contributed by atoms with Crippen LogP contribution in [0, 0.1) is 21.0 Å². The lowest BCUT2D eigenvalue weighted by molar-refractivity contribution is -0.0304. The smallest absolute Gasteiger partial charge is 0.277 e. The molecule has 1 atom stereocenters. The lowest BCUT2D eigenvalue weighted by Crippen LogP contribution is -2.30. The molecule has 0 aliphatic heterocycles. The van der Waals surface area contributed by atoms with Crippen LogP contribution in [0.1, 0.15) is 17.3 Å². The Hall–Kier alpha value is -1.56. The molecule has 0 radical (unpaired) electrons. The van der Waals surface area contributed by atoms with Crippen molar-refractivity contribution >= 4 is 51.5 Å². The van der Waals surface area contributed by atoms with Gasteiger partial charge in [0.05, 0.1) is 28.6 Å². The fourth-order valence-electron chi connectivity index (χ4n) is 1.87. The molecule has 0 bridgehead atoms. The third kappa shape index (κ3) is 4.78. The number of nitrogens with one attached hydrogen (secondary N) is 2. The van der Waals surface area contributed by atoms with Gasteiger partial charge in [0.2, 0.25) is 0 Å². The summed E-state index contributed by atoms with van der Waals surface area (Å²) in [6.07, 6.45) is -0.732. The van der Waals surface area contributed by atoms with E-state index in [0.29, 0.717) is 3.57 Å². The third-order valence-electron chi connectivity index (χ3n) is 3.21. The van der Waals surface area contributed by atoms with Crippen molar-refractivity contribution in [2.45, 2.75) is 13.0 Å². The molecule has 26 heavy (non-hydrogen) atoms. The zero-order valence-electron chi connectivity index (χ0n) is 13.2. The minimum atomic E-state index is -1.45. The quantitative estimate of drug-likeness (QED) is 0.317. The highest BCUT2D eigenvalue weighted by molar-refractivity contribution is 14.1. The van der Waals surface area contributed by atoms with Gasteiger partial charge in [0.25, 0.3) is 5.91 Å². The average molecular weight is 501 g/mol. The number of hydroxylamine groups is 1. The first-order chi connectivity index (χ1) is 12.2. The zero-order chi connectivity index (χ0) is 19.4. The molecule has 0 saturated carbocycles. The second-order valence-corrected chi connectivity index (χ2v) is 6.85. The van der Waals surface area contributed by atoms with Gasteiger partial charge in [-0.25, -0.2) is 18.7 Å². The Kier molecular flexibility index (Phi) is 7.09. The van der Waals surface area contributed by atoms with Crippen molar-refractivity contribution < 1.29 is 27.9 Å². The van der Waals surface area contributed by atoms with Crippen molar-refractivity contribution in [3.05, 3.63) is 55.9 Å². The van der Waals surface area contributed by atoms with E-state index < -0.39 is 45.7 Å². The van der Waals surface area contributed by atoms with Gasteiger partial charge < -0.3 is 10.4 Å². The summed E-state index contributed by atoms with van der Waals surface area (Å²) < 4.78 is 42.8. The van der Waals surface area contributed by atoms with Crippen LogP contribution in [0.25, 0.3) is 0 Å². The number of hydrogen-bond acceptors (Lipinski definition) is 4. The Morgan fingerprint density at radius 2 is 2.00 bits per heavy atom. The second kappa shape index (κ2) is 8.89. The van der Waals surface area contributed by atoms with E-state index in [1.54, 1.807) is 6.07 Å². The molecule has 140 valence electrons. The number of carbonyl (C=O) groups excluding carboxylic acids is 1. The summed E-state index contributed by atoms with van der Waals surface area (Å²) in [5.74, 6) is -4.51. The minimum absolute atomic E-state index is 0.162. The molecule has 0 fully saturated rings. The summed E-state index contributed by atoms with van der Waals surface area (Å²) in [7, 11) is 0. The first kappa shape index (κ1) is 20.7. The molecule has 10 heteroatoms. The van der Waals surface area contributed by atoms with Gasteiger partial charge in [0.1, 0.15) is 11.9 Å². The van der Waals surface area contributed by atoms with E-state index in [0.717, 1.165) is 6.07 Å². The Labute approximate surface area is 165 Å². The van der Waals surface area contributed by atoms with Crippen LogP contribution in [0.5, 0.6) is 0 Å². The van der Waals surface area contributed by atoms with Gasteiger partial charge in [0, 0.05) is 3.57 Å². The molecular weight excluding hydrogens is 488 g/mol. The van der Waals surface area contributed by atoms with Crippen LogP contribution in [0.15, 0.2) is 24.3 Å². The molecule has 0 aliphatic rings. The van der Waals surface area contributed by atoms with Crippen molar-refractivity contribution in [3.8, 4) is 0 Å². The highest BCUT2D eigenvalue weighted by Crippen LogP contribution is 2.32. The lowest BCUT2D eigenvalue weighted by atomic mass is 10.1.